The summed E-state index contributed by atoms with van der Waals surface area (Å²) >= 11 is 1.07. The quantitative estimate of drug-likeness (QED) is 0.740. The average Bonchev–Trinajstić information content (AvgIpc) is 3.07. The van der Waals surface area contributed by atoms with Gasteiger partial charge in [-0.2, -0.15) is 4.98 Å². The van der Waals surface area contributed by atoms with E-state index in [1.807, 2.05) is 0 Å². The van der Waals surface area contributed by atoms with Crippen molar-refractivity contribution in [3.63, 3.8) is 0 Å². The molecule has 0 saturated heterocycles. The van der Waals surface area contributed by atoms with Crippen LogP contribution in [0, 0.1) is 5.82 Å². The summed E-state index contributed by atoms with van der Waals surface area (Å²) in [5, 5.41) is 5.33. The van der Waals surface area contributed by atoms with E-state index in [9.17, 15) is 12.8 Å². The van der Waals surface area contributed by atoms with Gasteiger partial charge in [0.2, 0.25) is 5.82 Å². The molecule has 2 heterocycles. The molecular weight excluding hydrogens is 315 g/mol. The Hall–Kier alpha value is -2.06. The van der Waals surface area contributed by atoms with Gasteiger partial charge in [0.25, 0.3) is 5.89 Å². The van der Waals surface area contributed by atoms with E-state index in [0.717, 1.165) is 17.6 Å². The number of hydrogen-bond donors (Lipinski definition) is 0. The molecule has 21 heavy (non-hydrogen) atoms. The van der Waals surface area contributed by atoms with Crippen molar-refractivity contribution < 1.29 is 17.3 Å². The van der Waals surface area contributed by atoms with Gasteiger partial charge in [0, 0.05) is 11.6 Å². The normalized spacial score (nSPS) is 11.7. The third kappa shape index (κ3) is 2.72. The van der Waals surface area contributed by atoms with Crippen molar-refractivity contribution >= 4 is 21.2 Å². The molecule has 0 atom stereocenters. The maximum absolute atomic E-state index is 13.6. The van der Waals surface area contributed by atoms with Crippen LogP contribution in [0.3, 0.4) is 0 Å². The molecule has 3 aromatic rings. The highest BCUT2D eigenvalue weighted by Crippen LogP contribution is 2.29. The van der Waals surface area contributed by atoms with E-state index >= 15 is 0 Å². The number of halogens is 1. The third-order valence-corrected chi connectivity index (χ3v) is 5.50. The van der Waals surface area contributed by atoms with E-state index in [0.29, 0.717) is 5.56 Å². The van der Waals surface area contributed by atoms with Crippen molar-refractivity contribution in [1.82, 2.24) is 10.1 Å². The van der Waals surface area contributed by atoms with Crippen molar-refractivity contribution in [2.24, 2.45) is 0 Å². The minimum atomic E-state index is -3.27. The van der Waals surface area contributed by atoms with Crippen LogP contribution in [-0.4, -0.2) is 24.8 Å². The van der Waals surface area contributed by atoms with Crippen molar-refractivity contribution in [2.45, 2.75) is 4.21 Å². The average molecular weight is 324 g/mol. The SMILES string of the molecule is CS(=O)(=O)c1cc(-c2nc(-c3ccccc3F)no2)cs1. The molecule has 0 aliphatic rings. The zero-order valence-electron chi connectivity index (χ0n) is 10.8. The summed E-state index contributed by atoms with van der Waals surface area (Å²) in [6.07, 6.45) is 1.13. The fourth-order valence-corrected chi connectivity index (χ4v) is 3.51. The molecule has 0 amide bonds. The molecular formula is C13H9FN2O3S2. The number of benzene rings is 1. The highest BCUT2D eigenvalue weighted by molar-refractivity contribution is 7.92. The smallest absolute Gasteiger partial charge is 0.259 e. The molecule has 108 valence electrons. The molecule has 0 N–H and O–H groups in total. The highest BCUT2D eigenvalue weighted by atomic mass is 32.2. The molecule has 0 bridgehead atoms. The van der Waals surface area contributed by atoms with Crippen molar-refractivity contribution in [3.05, 3.63) is 41.5 Å². The van der Waals surface area contributed by atoms with Gasteiger partial charge in [-0.25, -0.2) is 12.8 Å². The Morgan fingerprint density at radius 3 is 2.71 bits per heavy atom. The molecule has 3 rings (SSSR count). The summed E-state index contributed by atoms with van der Waals surface area (Å²) < 4.78 is 41.8. The molecule has 0 aliphatic carbocycles. The summed E-state index contributed by atoms with van der Waals surface area (Å²) in [7, 11) is -3.27. The molecule has 1 aromatic carbocycles. The summed E-state index contributed by atoms with van der Waals surface area (Å²) in [5.74, 6) is -0.179. The summed E-state index contributed by atoms with van der Waals surface area (Å²) in [6, 6.07) is 7.54. The van der Waals surface area contributed by atoms with E-state index < -0.39 is 15.7 Å². The van der Waals surface area contributed by atoms with E-state index in [1.165, 1.54) is 12.1 Å². The molecule has 0 unspecified atom stereocenters. The van der Waals surface area contributed by atoms with E-state index in [4.69, 9.17) is 4.52 Å². The summed E-state index contributed by atoms with van der Waals surface area (Å²) in [4.78, 5) is 4.10. The molecule has 0 saturated carbocycles. The van der Waals surface area contributed by atoms with Crippen LogP contribution in [0.15, 0.2) is 44.4 Å². The Balaban J connectivity index is 1.99. The van der Waals surface area contributed by atoms with Gasteiger partial charge in [-0.1, -0.05) is 17.3 Å². The topological polar surface area (TPSA) is 73.1 Å². The zero-order chi connectivity index (χ0) is 15.0. The Kier molecular flexibility index (Phi) is 3.34. The van der Waals surface area contributed by atoms with Gasteiger partial charge in [0.1, 0.15) is 10.0 Å². The van der Waals surface area contributed by atoms with Crippen molar-refractivity contribution in [1.29, 1.82) is 0 Å². The fraction of sp³-hybridized carbons (Fsp3) is 0.0769. The molecule has 2 aromatic heterocycles. The maximum Gasteiger partial charge on any atom is 0.259 e. The molecule has 8 heteroatoms. The van der Waals surface area contributed by atoms with Crippen LogP contribution >= 0.6 is 11.3 Å². The predicted molar refractivity (Wildman–Crippen MR) is 76.1 cm³/mol. The minimum absolute atomic E-state index is 0.121. The Morgan fingerprint density at radius 1 is 1.29 bits per heavy atom. The summed E-state index contributed by atoms with van der Waals surface area (Å²) in [6.45, 7) is 0. The van der Waals surface area contributed by atoms with Crippen molar-refractivity contribution in [3.8, 4) is 22.8 Å². The van der Waals surface area contributed by atoms with Crippen LogP contribution in [0.5, 0.6) is 0 Å². The first-order chi connectivity index (χ1) is 9.95. The standard InChI is InChI=1S/C13H9FN2O3S2/c1-21(17,18)11-6-8(7-20-11)13-15-12(16-19-13)9-4-2-3-5-10(9)14/h2-7H,1H3. The molecule has 0 spiro atoms. The van der Waals surface area contributed by atoms with Crippen LogP contribution in [0.1, 0.15) is 0 Å². The lowest BCUT2D eigenvalue weighted by Gasteiger charge is -1.94. The van der Waals surface area contributed by atoms with Gasteiger partial charge in [-0.15, -0.1) is 11.3 Å². The molecule has 0 radical (unpaired) electrons. The van der Waals surface area contributed by atoms with Gasteiger partial charge >= 0.3 is 0 Å². The van der Waals surface area contributed by atoms with Crippen LogP contribution in [-0.2, 0) is 9.84 Å². The highest BCUT2D eigenvalue weighted by Gasteiger charge is 2.17. The molecule has 0 aliphatic heterocycles. The summed E-state index contributed by atoms with van der Waals surface area (Å²) in [5.41, 5.74) is 0.724. The van der Waals surface area contributed by atoms with Gasteiger partial charge in [0.15, 0.2) is 9.84 Å². The molecule has 5 nitrogen and oxygen atoms in total. The first-order valence-electron chi connectivity index (χ1n) is 5.83. The minimum Gasteiger partial charge on any atom is -0.334 e. The third-order valence-electron chi connectivity index (χ3n) is 2.73. The monoisotopic (exact) mass is 324 g/mol. The predicted octanol–water partition coefficient (Wildman–Crippen LogP) is 3.01. The lowest BCUT2D eigenvalue weighted by Crippen LogP contribution is -1.92. The largest absolute Gasteiger partial charge is 0.334 e. The maximum atomic E-state index is 13.6. The zero-order valence-corrected chi connectivity index (χ0v) is 12.4. The number of thiophene rings is 1. The van der Waals surface area contributed by atoms with Gasteiger partial charge in [0.05, 0.1) is 11.1 Å². The fourth-order valence-electron chi connectivity index (χ4n) is 1.72. The van der Waals surface area contributed by atoms with Crippen LogP contribution < -0.4 is 0 Å². The first kappa shape index (κ1) is 13.9. The van der Waals surface area contributed by atoms with Gasteiger partial charge < -0.3 is 4.52 Å². The molecule has 0 fully saturated rings. The van der Waals surface area contributed by atoms with Crippen LogP contribution in [0.2, 0.25) is 0 Å². The number of sulfone groups is 1. The van der Waals surface area contributed by atoms with E-state index in [2.05, 4.69) is 10.1 Å². The Bertz CT molecular complexity index is 900. The number of aromatic nitrogens is 2. The Labute approximate surface area is 124 Å². The first-order valence-corrected chi connectivity index (χ1v) is 8.60. The lowest BCUT2D eigenvalue weighted by atomic mass is 10.2. The van der Waals surface area contributed by atoms with Gasteiger partial charge in [-0.05, 0) is 18.2 Å². The Morgan fingerprint density at radius 2 is 2.05 bits per heavy atom. The van der Waals surface area contributed by atoms with Gasteiger partial charge in [-0.3, -0.25) is 0 Å². The van der Waals surface area contributed by atoms with Crippen molar-refractivity contribution in [2.75, 3.05) is 6.26 Å². The van der Waals surface area contributed by atoms with E-state index in [1.54, 1.807) is 23.6 Å². The van der Waals surface area contributed by atoms with Crippen LogP contribution in [0.25, 0.3) is 22.8 Å². The number of nitrogens with zero attached hydrogens (tertiary/aromatic N) is 2. The second kappa shape index (κ2) is 5.05. The second-order valence-electron chi connectivity index (χ2n) is 4.33. The van der Waals surface area contributed by atoms with Crippen LogP contribution in [0.4, 0.5) is 4.39 Å². The number of hydrogen-bond acceptors (Lipinski definition) is 6. The number of rotatable bonds is 3. The second-order valence-corrected chi connectivity index (χ2v) is 7.48. The van der Waals surface area contributed by atoms with E-state index in [-0.39, 0.29) is 21.5 Å². The lowest BCUT2D eigenvalue weighted by molar-refractivity contribution is 0.432.